The minimum Gasteiger partial charge on any atom is -0.493 e. The van der Waals surface area contributed by atoms with Crippen molar-refractivity contribution in [2.75, 3.05) is 12.4 Å². The lowest BCUT2D eigenvalue weighted by molar-refractivity contribution is -0.119. The van der Waals surface area contributed by atoms with Crippen molar-refractivity contribution >= 4 is 39.2 Å². The minimum absolute atomic E-state index is 0.00145. The van der Waals surface area contributed by atoms with Crippen molar-refractivity contribution in [1.82, 2.24) is 14.9 Å². The van der Waals surface area contributed by atoms with E-state index in [1.165, 1.54) is 11.8 Å². The number of para-hydroxylation sites is 1. The third kappa shape index (κ3) is 4.50. The Morgan fingerprint density at radius 1 is 1.35 bits per heavy atom. The standard InChI is InChI=1S/C23H27N3O3S2/c1-4-5-11-26-22(28)20-14(2)15(3)31-21(20)25-23(26)30-13-19(27)24-17-10-12-29-18-9-7-6-8-16(17)18/h6-9,17H,4-5,10-13H2,1-3H3,(H,24,27). The summed E-state index contributed by atoms with van der Waals surface area (Å²) >= 11 is 2.88. The zero-order chi connectivity index (χ0) is 22.0. The van der Waals surface area contributed by atoms with Crippen LogP contribution in [0.5, 0.6) is 5.75 Å². The number of amides is 1. The number of fused-ring (bicyclic) bond motifs is 2. The van der Waals surface area contributed by atoms with Gasteiger partial charge in [-0.2, -0.15) is 0 Å². The summed E-state index contributed by atoms with van der Waals surface area (Å²) in [5.41, 5.74) is 2.02. The first kappa shape index (κ1) is 21.9. The second-order valence-electron chi connectivity index (χ2n) is 7.75. The molecule has 0 saturated carbocycles. The molecule has 1 unspecified atom stereocenters. The predicted molar refractivity (Wildman–Crippen MR) is 126 cm³/mol. The largest absolute Gasteiger partial charge is 0.493 e. The van der Waals surface area contributed by atoms with E-state index in [0.29, 0.717) is 23.7 Å². The zero-order valence-corrected chi connectivity index (χ0v) is 19.7. The third-order valence-corrected chi connectivity index (χ3v) is 7.69. The highest BCUT2D eigenvalue weighted by molar-refractivity contribution is 7.99. The summed E-state index contributed by atoms with van der Waals surface area (Å²) in [6.45, 7) is 7.30. The summed E-state index contributed by atoms with van der Waals surface area (Å²) < 4.78 is 7.42. The number of thioether (sulfide) groups is 1. The number of carbonyl (C=O) groups is 1. The molecule has 0 spiro atoms. The van der Waals surface area contributed by atoms with Crippen molar-refractivity contribution in [3.05, 3.63) is 50.6 Å². The van der Waals surface area contributed by atoms with Gasteiger partial charge in [0.05, 0.1) is 23.8 Å². The molecule has 3 heterocycles. The molecule has 31 heavy (non-hydrogen) atoms. The van der Waals surface area contributed by atoms with Gasteiger partial charge < -0.3 is 10.1 Å². The van der Waals surface area contributed by atoms with Crippen molar-refractivity contribution in [1.29, 1.82) is 0 Å². The van der Waals surface area contributed by atoms with Crippen LogP contribution in [0.15, 0.2) is 34.2 Å². The number of hydrogen-bond acceptors (Lipinski definition) is 6. The van der Waals surface area contributed by atoms with Gasteiger partial charge in [0.15, 0.2) is 5.16 Å². The number of rotatable bonds is 7. The number of thiophene rings is 1. The van der Waals surface area contributed by atoms with Crippen LogP contribution in [0.1, 0.15) is 48.2 Å². The quantitative estimate of drug-likeness (QED) is 0.414. The third-order valence-electron chi connectivity index (χ3n) is 5.62. The highest BCUT2D eigenvalue weighted by atomic mass is 32.2. The van der Waals surface area contributed by atoms with Crippen molar-refractivity contribution in [3.63, 3.8) is 0 Å². The molecule has 1 aliphatic rings. The maximum Gasteiger partial charge on any atom is 0.263 e. The summed E-state index contributed by atoms with van der Waals surface area (Å²) in [5, 5.41) is 4.45. The molecule has 1 aromatic carbocycles. The lowest BCUT2D eigenvalue weighted by Crippen LogP contribution is -2.33. The highest BCUT2D eigenvalue weighted by Crippen LogP contribution is 2.32. The second kappa shape index (κ2) is 9.44. The molecule has 6 nitrogen and oxygen atoms in total. The minimum atomic E-state index is -0.0679. The van der Waals surface area contributed by atoms with Crippen molar-refractivity contribution < 1.29 is 9.53 Å². The maximum absolute atomic E-state index is 13.2. The fourth-order valence-electron chi connectivity index (χ4n) is 3.79. The topological polar surface area (TPSA) is 73.2 Å². The van der Waals surface area contributed by atoms with Crippen LogP contribution in [0.3, 0.4) is 0 Å². The van der Waals surface area contributed by atoms with E-state index in [4.69, 9.17) is 9.72 Å². The van der Waals surface area contributed by atoms with Gasteiger partial charge in [-0.05, 0) is 31.9 Å². The molecule has 2 aromatic heterocycles. The SMILES string of the molecule is CCCCn1c(SCC(=O)NC2CCOc3ccccc32)nc2sc(C)c(C)c2c1=O. The van der Waals surface area contributed by atoms with Crippen LogP contribution in [0.4, 0.5) is 0 Å². The van der Waals surface area contributed by atoms with Gasteiger partial charge in [0.2, 0.25) is 5.91 Å². The Bertz CT molecular complexity index is 1170. The maximum atomic E-state index is 13.2. The number of ether oxygens (including phenoxy) is 1. The van der Waals surface area contributed by atoms with E-state index in [9.17, 15) is 9.59 Å². The van der Waals surface area contributed by atoms with E-state index in [2.05, 4.69) is 12.2 Å². The molecule has 1 N–H and O–H groups in total. The molecule has 1 amide bonds. The van der Waals surface area contributed by atoms with E-state index in [1.807, 2.05) is 38.1 Å². The summed E-state index contributed by atoms with van der Waals surface area (Å²) in [6.07, 6.45) is 2.63. The fourth-order valence-corrected chi connectivity index (χ4v) is 5.70. The number of aryl methyl sites for hydroxylation is 2. The normalized spacial score (nSPS) is 15.5. The molecular formula is C23H27N3O3S2. The Labute approximate surface area is 190 Å². The predicted octanol–water partition coefficient (Wildman–Crippen LogP) is 4.61. The van der Waals surface area contributed by atoms with E-state index in [1.54, 1.807) is 15.9 Å². The molecule has 8 heteroatoms. The Morgan fingerprint density at radius 3 is 2.97 bits per heavy atom. The van der Waals surface area contributed by atoms with Crippen LogP contribution in [0.2, 0.25) is 0 Å². The zero-order valence-electron chi connectivity index (χ0n) is 18.1. The van der Waals surface area contributed by atoms with Crippen LogP contribution < -0.4 is 15.6 Å². The van der Waals surface area contributed by atoms with Gasteiger partial charge in [0.1, 0.15) is 10.6 Å². The van der Waals surface area contributed by atoms with Gasteiger partial charge in [-0.1, -0.05) is 43.3 Å². The Kier molecular flexibility index (Phi) is 6.67. The second-order valence-corrected chi connectivity index (χ2v) is 9.90. The molecule has 4 rings (SSSR count). The number of hydrogen-bond donors (Lipinski definition) is 1. The van der Waals surface area contributed by atoms with Gasteiger partial charge in [0.25, 0.3) is 5.56 Å². The number of aromatic nitrogens is 2. The van der Waals surface area contributed by atoms with Crippen molar-refractivity contribution in [2.24, 2.45) is 0 Å². The van der Waals surface area contributed by atoms with Crippen LogP contribution in [-0.4, -0.2) is 27.8 Å². The summed E-state index contributed by atoms with van der Waals surface area (Å²) in [4.78, 5) is 32.6. The molecule has 0 aliphatic carbocycles. The van der Waals surface area contributed by atoms with Crippen LogP contribution in [0.25, 0.3) is 10.2 Å². The Morgan fingerprint density at radius 2 is 2.16 bits per heavy atom. The summed E-state index contributed by atoms with van der Waals surface area (Å²) in [6, 6.07) is 7.76. The number of nitrogens with one attached hydrogen (secondary N) is 1. The molecule has 1 aliphatic heterocycles. The average molecular weight is 458 g/mol. The number of carbonyl (C=O) groups excluding carboxylic acids is 1. The Balaban J connectivity index is 1.53. The number of unbranched alkanes of at least 4 members (excludes halogenated alkanes) is 1. The molecule has 0 saturated heterocycles. The van der Waals surface area contributed by atoms with Gasteiger partial charge in [-0.25, -0.2) is 4.98 Å². The van der Waals surface area contributed by atoms with Gasteiger partial charge in [-0.15, -0.1) is 11.3 Å². The monoisotopic (exact) mass is 457 g/mol. The highest BCUT2D eigenvalue weighted by Gasteiger charge is 2.23. The molecule has 0 fully saturated rings. The van der Waals surface area contributed by atoms with Crippen LogP contribution in [0, 0.1) is 13.8 Å². The van der Waals surface area contributed by atoms with Gasteiger partial charge >= 0.3 is 0 Å². The van der Waals surface area contributed by atoms with Gasteiger partial charge in [-0.3, -0.25) is 14.2 Å². The summed E-state index contributed by atoms with van der Waals surface area (Å²) in [5.74, 6) is 0.977. The van der Waals surface area contributed by atoms with Gasteiger partial charge in [0, 0.05) is 23.4 Å². The van der Waals surface area contributed by atoms with E-state index in [0.717, 1.165) is 45.8 Å². The molecule has 3 aromatic rings. The van der Waals surface area contributed by atoms with Crippen molar-refractivity contribution in [2.45, 2.75) is 57.8 Å². The number of benzene rings is 1. The lowest BCUT2D eigenvalue weighted by Gasteiger charge is -2.26. The van der Waals surface area contributed by atoms with E-state index >= 15 is 0 Å². The fraction of sp³-hybridized carbons (Fsp3) is 0.435. The smallest absolute Gasteiger partial charge is 0.263 e. The van der Waals surface area contributed by atoms with E-state index < -0.39 is 0 Å². The molecular weight excluding hydrogens is 430 g/mol. The summed E-state index contributed by atoms with van der Waals surface area (Å²) in [7, 11) is 0. The molecule has 0 bridgehead atoms. The first-order valence-electron chi connectivity index (χ1n) is 10.6. The molecule has 1 atom stereocenters. The van der Waals surface area contributed by atoms with Crippen LogP contribution >= 0.6 is 23.1 Å². The van der Waals surface area contributed by atoms with E-state index in [-0.39, 0.29) is 23.3 Å². The first-order chi connectivity index (χ1) is 15.0. The molecule has 0 radical (unpaired) electrons. The lowest BCUT2D eigenvalue weighted by atomic mass is 10.0. The van der Waals surface area contributed by atoms with Crippen molar-refractivity contribution in [3.8, 4) is 5.75 Å². The number of nitrogens with zero attached hydrogens (tertiary/aromatic N) is 2. The Hall–Kier alpha value is -2.32. The first-order valence-corrected chi connectivity index (χ1v) is 12.4. The van der Waals surface area contributed by atoms with Crippen LogP contribution in [-0.2, 0) is 11.3 Å². The molecule has 164 valence electrons. The average Bonchev–Trinajstić information content (AvgIpc) is 3.05.